The lowest BCUT2D eigenvalue weighted by Gasteiger charge is -2.22. The van der Waals surface area contributed by atoms with Crippen molar-refractivity contribution in [2.45, 2.75) is 70.6 Å². The molecule has 0 saturated heterocycles. The summed E-state index contributed by atoms with van der Waals surface area (Å²) in [6.45, 7) is 2.46. The Morgan fingerprint density at radius 3 is 2.18 bits per heavy atom. The number of nitrogens with zero attached hydrogens (tertiary/aromatic N) is 1. The molecule has 2 unspecified atom stereocenters. The summed E-state index contributed by atoms with van der Waals surface area (Å²) < 4.78 is 35.1. The van der Waals surface area contributed by atoms with Crippen LogP contribution in [-0.2, 0) is 28.7 Å². The van der Waals surface area contributed by atoms with Crippen molar-refractivity contribution in [3.8, 4) is 0 Å². The number of esters is 1. The van der Waals surface area contributed by atoms with E-state index in [1.165, 1.54) is 6.92 Å². The highest BCUT2D eigenvalue weighted by molar-refractivity contribution is 9.09. The lowest BCUT2D eigenvalue weighted by atomic mass is 10.1. The number of urea groups is 1. The van der Waals surface area contributed by atoms with Gasteiger partial charge in [0.1, 0.15) is 23.7 Å². The maximum Gasteiger partial charge on any atom is 0.326 e. The number of hydrogen-bond acceptors (Lipinski definition) is 8. The number of ether oxygens (including phenoxy) is 1. The average molecular weight is 829 g/mol. The Hall–Kier alpha value is -3.87. The van der Waals surface area contributed by atoms with Gasteiger partial charge >= 0.3 is 18.0 Å². The first-order valence-electron chi connectivity index (χ1n) is 15.2. The van der Waals surface area contributed by atoms with E-state index in [9.17, 15) is 42.3 Å². The Labute approximate surface area is 299 Å². The Kier molecular flexibility index (Phi) is 19.3. The van der Waals surface area contributed by atoms with Crippen molar-refractivity contribution in [1.82, 2.24) is 20.9 Å². The lowest BCUT2D eigenvalue weighted by molar-refractivity contribution is -0.152. The first-order chi connectivity index (χ1) is 23.0. The Balaban J connectivity index is 2.79. The molecule has 0 heterocycles. The summed E-state index contributed by atoms with van der Waals surface area (Å²) in [4.78, 5) is 85.4. The molecule has 274 valence electrons. The molecule has 6 amide bonds. The molecule has 49 heavy (non-hydrogen) atoms. The third-order valence-corrected chi connectivity index (χ3v) is 8.72. The zero-order valence-corrected chi connectivity index (χ0v) is 30.5. The Bertz CT molecular complexity index is 1350. The molecular formula is C30H42Br2F2N6O9. The molecule has 1 rings (SSSR count). The van der Waals surface area contributed by atoms with Crippen LogP contribution in [0.25, 0.3) is 0 Å². The van der Waals surface area contributed by atoms with E-state index >= 15 is 0 Å². The molecule has 0 spiro atoms. The van der Waals surface area contributed by atoms with Gasteiger partial charge in [0.2, 0.25) is 17.7 Å². The molecule has 7 N–H and O–H groups in total. The number of anilines is 1. The van der Waals surface area contributed by atoms with Crippen molar-refractivity contribution in [3.63, 3.8) is 0 Å². The van der Waals surface area contributed by atoms with E-state index in [1.54, 1.807) is 6.92 Å². The fraction of sp³-hybridized carbons (Fsp3) is 0.567. The average Bonchev–Trinajstić information content (AvgIpc) is 3.04. The van der Waals surface area contributed by atoms with E-state index in [0.29, 0.717) is 47.0 Å². The summed E-state index contributed by atoms with van der Waals surface area (Å²) in [5, 5.41) is 19.3. The summed E-state index contributed by atoms with van der Waals surface area (Å²) in [7, 11) is 1.10. The number of benzene rings is 1. The second kappa shape index (κ2) is 22.0. The monoisotopic (exact) mass is 826 g/mol. The number of nitrogens with one attached hydrogen (secondary N) is 4. The van der Waals surface area contributed by atoms with Crippen LogP contribution in [0.15, 0.2) is 12.1 Å². The van der Waals surface area contributed by atoms with E-state index in [-0.39, 0.29) is 43.8 Å². The van der Waals surface area contributed by atoms with Gasteiger partial charge in [0.25, 0.3) is 5.91 Å². The Morgan fingerprint density at radius 2 is 1.59 bits per heavy atom. The second-order valence-electron chi connectivity index (χ2n) is 11.1. The van der Waals surface area contributed by atoms with Crippen LogP contribution >= 0.6 is 31.9 Å². The smallest absolute Gasteiger partial charge is 0.326 e. The van der Waals surface area contributed by atoms with Gasteiger partial charge in [0, 0.05) is 36.7 Å². The maximum absolute atomic E-state index is 14.9. The van der Waals surface area contributed by atoms with Gasteiger partial charge in [-0.15, -0.1) is 0 Å². The highest BCUT2D eigenvalue weighted by Crippen LogP contribution is 2.22. The van der Waals surface area contributed by atoms with Gasteiger partial charge in [0.15, 0.2) is 0 Å². The summed E-state index contributed by atoms with van der Waals surface area (Å²) >= 11 is 6.51. The number of amides is 6. The molecule has 0 aliphatic rings. The standard InChI is InChI=1S/C30H42Br2F2N6O9/c1-16(49-29(47)18(13-31)14-32)7-4-5-9-24(41)37-15-25(42)38-22(8-6-10-36-30(35)48)26(43)39-23-12-20(33)19(11-21(23)34)27(44)40(3)17(2)28(45)46/h11-12,16-18,22H,4-10,13-15H2,1-3H3,(H,37,41)(H,38,42)(H,39,43)(H,45,46)(H3,35,36,48)/t16?,17-,22?/m0/s1. The van der Waals surface area contributed by atoms with Gasteiger partial charge in [-0.2, -0.15) is 0 Å². The third kappa shape index (κ3) is 15.5. The fourth-order valence-electron chi connectivity index (χ4n) is 4.10. The minimum atomic E-state index is -1.37. The van der Waals surface area contributed by atoms with E-state index in [2.05, 4.69) is 53.1 Å². The number of aliphatic carboxylic acids is 1. The first-order valence-corrected chi connectivity index (χ1v) is 17.5. The van der Waals surface area contributed by atoms with E-state index in [1.807, 2.05) is 0 Å². The Morgan fingerprint density at radius 1 is 0.939 bits per heavy atom. The number of primary amides is 1. The van der Waals surface area contributed by atoms with Gasteiger partial charge in [-0.3, -0.25) is 24.0 Å². The minimum Gasteiger partial charge on any atom is -0.480 e. The number of carboxylic acid groups (broad SMARTS) is 1. The topological polar surface area (TPSA) is 226 Å². The van der Waals surface area contributed by atoms with Crippen LogP contribution in [0.5, 0.6) is 0 Å². The fourth-order valence-corrected chi connectivity index (χ4v) is 5.70. The minimum absolute atomic E-state index is 0.0270. The number of rotatable bonds is 21. The summed E-state index contributed by atoms with van der Waals surface area (Å²) in [5.74, 6) is -7.76. The second-order valence-corrected chi connectivity index (χ2v) is 12.4. The van der Waals surface area contributed by atoms with E-state index < -0.39 is 77.1 Å². The van der Waals surface area contributed by atoms with Crippen molar-refractivity contribution < 1.29 is 52.2 Å². The van der Waals surface area contributed by atoms with Crippen molar-refractivity contribution in [2.24, 2.45) is 11.7 Å². The number of carbonyl (C=O) groups excluding carboxylic acids is 6. The zero-order chi connectivity index (χ0) is 37.3. The van der Waals surface area contributed by atoms with Crippen molar-refractivity contribution >= 4 is 79.1 Å². The molecule has 15 nitrogen and oxygen atoms in total. The number of unbranched alkanes of at least 4 members (excludes halogenated alkanes) is 1. The molecule has 0 radical (unpaired) electrons. The predicted octanol–water partition coefficient (Wildman–Crippen LogP) is 2.40. The highest BCUT2D eigenvalue weighted by Gasteiger charge is 2.28. The van der Waals surface area contributed by atoms with Gasteiger partial charge in [-0.1, -0.05) is 31.9 Å². The normalized spacial score (nSPS) is 12.7. The SMILES string of the molecule is CC(CCCCC(=O)NCC(=O)NC(CCCNC(N)=O)C(=O)Nc1cc(F)c(C(=O)N(C)[C@@H](C)C(=O)O)cc1F)OC(=O)C(CBr)CBr. The summed E-state index contributed by atoms with van der Waals surface area (Å²) in [6.07, 6.45) is 1.34. The molecule has 19 heteroatoms. The lowest BCUT2D eigenvalue weighted by Crippen LogP contribution is -2.47. The largest absolute Gasteiger partial charge is 0.480 e. The van der Waals surface area contributed by atoms with Crippen LogP contribution in [0.3, 0.4) is 0 Å². The number of hydrogen-bond donors (Lipinski definition) is 6. The van der Waals surface area contributed by atoms with Crippen LogP contribution in [0.2, 0.25) is 0 Å². The number of nitrogens with two attached hydrogens (primary N) is 1. The number of carbonyl (C=O) groups is 7. The van der Waals surface area contributed by atoms with Crippen LogP contribution in [0.1, 0.15) is 62.7 Å². The molecule has 3 atom stereocenters. The predicted molar refractivity (Wildman–Crippen MR) is 181 cm³/mol. The number of carboxylic acids is 1. The van der Waals surface area contributed by atoms with E-state index in [4.69, 9.17) is 15.6 Å². The molecule has 0 saturated carbocycles. The maximum atomic E-state index is 14.9. The van der Waals surface area contributed by atoms with Gasteiger partial charge in [-0.05, 0) is 52.0 Å². The number of likely N-dealkylation sites (N-methyl/N-ethyl adjacent to an activating group) is 1. The highest BCUT2D eigenvalue weighted by atomic mass is 79.9. The van der Waals surface area contributed by atoms with Crippen molar-refractivity contribution in [1.29, 1.82) is 0 Å². The van der Waals surface area contributed by atoms with Crippen LogP contribution in [-0.4, -0.2) is 101 Å². The molecule has 0 fully saturated rings. The zero-order valence-electron chi connectivity index (χ0n) is 27.3. The van der Waals surface area contributed by atoms with E-state index in [0.717, 1.165) is 7.05 Å². The van der Waals surface area contributed by atoms with Crippen LogP contribution in [0.4, 0.5) is 19.3 Å². The van der Waals surface area contributed by atoms with Crippen LogP contribution in [0, 0.1) is 17.6 Å². The molecule has 1 aromatic carbocycles. The number of halogens is 4. The third-order valence-electron chi connectivity index (χ3n) is 7.16. The summed E-state index contributed by atoms with van der Waals surface area (Å²) in [6, 6.07) is -2.44. The van der Waals surface area contributed by atoms with Crippen molar-refractivity contribution in [3.05, 3.63) is 29.3 Å². The molecule has 0 aliphatic carbocycles. The molecule has 1 aromatic rings. The first kappa shape index (κ1) is 43.2. The molecule has 0 bridgehead atoms. The summed E-state index contributed by atoms with van der Waals surface area (Å²) in [5.41, 5.74) is 3.61. The van der Waals surface area contributed by atoms with Crippen LogP contribution < -0.4 is 27.0 Å². The molecular weight excluding hydrogens is 786 g/mol. The van der Waals surface area contributed by atoms with Gasteiger partial charge < -0.3 is 41.7 Å². The quantitative estimate of drug-likeness (QED) is 0.0607. The number of alkyl halides is 2. The van der Waals surface area contributed by atoms with Gasteiger partial charge in [0.05, 0.1) is 29.8 Å². The van der Waals surface area contributed by atoms with Crippen molar-refractivity contribution in [2.75, 3.05) is 36.1 Å². The molecule has 0 aliphatic heterocycles. The van der Waals surface area contributed by atoms with Gasteiger partial charge in [-0.25, -0.2) is 18.4 Å². The molecule has 0 aromatic heterocycles.